The molecule has 0 spiro atoms. The van der Waals surface area contributed by atoms with Crippen molar-refractivity contribution in [2.75, 3.05) is 0 Å². The van der Waals surface area contributed by atoms with E-state index >= 15 is 0 Å². The first-order chi connectivity index (χ1) is 6.20. The highest BCUT2D eigenvalue weighted by Gasteiger charge is 1.88. The van der Waals surface area contributed by atoms with Gasteiger partial charge < -0.3 is 0 Å². The topological polar surface area (TPSA) is 38.7 Å². The van der Waals surface area contributed by atoms with Crippen molar-refractivity contribution in [3.63, 3.8) is 0 Å². The van der Waals surface area contributed by atoms with Crippen LogP contribution in [-0.4, -0.2) is 14.3 Å². The average Bonchev–Trinajstić information content (AvgIpc) is 2.67. The van der Waals surface area contributed by atoms with E-state index in [1.807, 2.05) is 19.4 Å². The van der Waals surface area contributed by atoms with E-state index < -0.39 is 0 Å². The zero-order valence-electron chi connectivity index (χ0n) is 7.81. The second-order valence-electron chi connectivity index (χ2n) is 2.45. The van der Waals surface area contributed by atoms with E-state index in [-0.39, 0.29) is 0 Å². The van der Waals surface area contributed by atoms with Crippen molar-refractivity contribution in [2.24, 2.45) is 0 Å². The van der Waals surface area contributed by atoms with Crippen LogP contribution in [0.5, 0.6) is 0 Å². The van der Waals surface area contributed by atoms with E-state index in [2.05, 4.69) is 21.3 Å². The molecule has 0 N–H and O–H groups in total. The van der Waals surface area contributed by atoms with Crippen LogP contribution in [0.4, 0.5) is 0 Å². The molecule has 5 heteroatoms. The summed E-state index contributed by atoms with van der Waals surface area (Å²) in [7, 11) is 0. The number of hydrogen-bond acceptors (Lipinski definition) is 5. The third-order valence-corrected chi connectivity index (χ3v) is 2.89. The summed E-state index contributed by atoms with van der Waals surface area (Å²) in [6.45, 7) is 6.02. The third kappa shape index (κ3) is 3.61. The Bertz CT molecular complexity index is 323. The van der Waals surface area contributed by atoms with Crippen LogP contribution in [0.1, 0.15) is 15.6 Å². The number of hydrogen-bond donors (Lipinski definition) is 0. The molecule has 0 bridgehead atoms. The summed E-state index contributed by atoms with van der Waals surface area (Å²) >= 11 is 3.11. The van der Waals surface area contributed by atoms with E-state index in [0.717, 1.165) is 10.7 Å². The molecule has 0 aromatic carbocycles. The second kappa shape index (κ2) is 5.04. The van der Waals surface area contributed by atoms with Gasteiger partial charge in [0.1, 0.15) is 11.3 Å². The minimum atomic E-state index is 1.02. The van der Waals surface area contributed by atoms with E-state index in [0.29, 0.717) is 0 Å². The van der Waals surface area contributed by atoms with E-state index in [9.17, 15) is 0 Å². The highest BCUT2D eigenvalue weighted by molar-refractivity contribution is 7.09. The van der Waals surface area contributed by atoms with Gasteiger partial charge in [-0.25, -0.2) is 9.97 Å². The predicted octanol–water partition coefficient (Wildman–Crippen LogP) is 2.61. The lowest BCUT2D eigenvalue weighted by atomic mass is 10.4. The summed E-state index contributed by atoms with van der Waals surface area (Å²) in [5.74, 6) is 0. The molecule has 2 rings (SSSR count). The molecular formula is C8H11N3S2. The molecule has 3 nitrogen and oxygen atoms in total. The SMILES string of the molecule is Cc1ncns1.Cc1ncsc1C. The number of thiazole rings is 1. The van der Waals surface area contributed by atoms with Crippen LogP contribution >= 0.6 is 22.9 Å². The summed E-state index contributed by atoms with van der Waals surface area (Å²) in [6.07, 6.45) is 1.56. The molecule has 2 aromatic rings. The fourth-order valence-electron chi connectivity index (χ4n) is 0.589. The standard InChI is InChI=1S/C5H7NS.C3H4N2S/c1-4-5(2)7-3-6-4;1-3-4-2-5-6-3/h3H,1-2H3;2H,1H3. The minimum Gasteiger partial charge on any atom is -0.250 e. The van der Waals surface area contributed by atoms with Crippen molar-refractivity contribution in [3.8, 4) is 0 Å². The fourth-order valence-corrected chi connectivity index (χ4v) is 1.52. The Morgan fingerprint density at radius 3 is 2.08 bits per heavy atom. The predicted molar refractivity (Wildman–Crippen MR) is 56.2 cm³/mol. The number of nitrogens with zero attached hydrogens (tertiary/aromatic N) is 3. The van der Waals surface area contributed by atoms with Crippen LogP contribution in [0.15, 0.2) is 11.8 Å². The van der Waals surface area contributed by atoms with Gasteiger partial charge in [-0.2, -0.15) is 4.37 Å². The second-order valence-corrected chi connectivity index (χ2v) is 4.50. The van der Waals surface area contributed by atoms with Gasteiger partial charge >= 0.3 is 0 Å². The molecule has 0 radical (unpaired) electrons. The lowest BCUT2D eigenvalue weighted by molar-refractivity contribution is 1.23. The van der Waals surface area contributed by atoms with Gasteiger partial charge in [0.15, 0.2) is 0 Å². The average molecular weight is 213 g/mol. The molecule has 70 valence electrons. The number of aryl methyl sites for hydroxylation is 3. The Labute approximate surface area is 85.7 Å². The highest BCUT2D eigenvalue weighted by atomic mass is 32.1. The molecule has 0 aliphatic heterocycles. The Hall–Kier alpha value is -0.810. The van der Waals surface area contributed by atoms with Crippen molar-refractivity contribution in [2.45, 2.75) is 20.8 Å². The summed E-state index contributed by atoms with van der Waals surface area (Å²) in [4.78, 5) is 9.18. The number of rotatable bonds is 0. The Kier molecular flexibility index (Phi) is 3.98. The van der Waals surface area contributed by atoms with Gasteiger partial charge in [-0.15, -0.1) is 11.3 Å². The maximum absolute atomic E-state index is 4.03. The van der Waals surface area contributed by atoms with Crippen molar-refractivity contribution in [1.29, 1.82) is 0 Å². The van der Waals surface area contributed by atoms with Crippen molar-refractivity contribution >= 4 is 22.9 Å². The molecule has 0 aliphatic carbocycles. The van der Waals surface area contributed by atoms with Gasteiger partial charge in [-0.1, -0.05) is 0 Å². The largest absolute Gasteiger partial charge is 0.250 e. The molecule has 0 unspecified atom stereocenters. The number of aromatic nitrogens is 3. The molecule has 0 saturated heterocycles. The van der Waals surface area contributed by atoms with Crippen molar-refractivity contribution < 1.29 is 0 Å². The summed E-state index contributed by atoms with van der Waals surface area (Å²) in [6, 6.07) is 0. The smallest absolute Gasteiger partial charge is 0.129 e. The first-order valence-corrected chi connectivity index (χ1v) is 5.45. The Balaban J connectivity index is 0.000000132. The van der Waals surface area contributed by atoms with Crippen molar-refractivity contribution in [3.05, 3.63) is 27.4 Å². The van der Waals surface area contributed by atoms with E-state index in [4.69, 9.17) is 0 Å². The van der Waals surface area contributed by atoms with Crippen LogP contribution in [0.3, 0.4) is 0 Å². The van der Waals surface area contributed by atoms with Gasteiger partial charge in [0, 0.05) is 4.88 Å². The van der Waals surface area contributed by atoms with Crippen LogP contribution in [0.2, 0.25) is 0 Å². The zero-order valence-corrected chi connectivity index (χ0v) is 9.45. The van der Waals surface area contributed by atoms with Crippen LogP contribution < -0.4 is 0 Å². The van der Waals surface area contributed by atoms with Crippen molar-refractivity contribution in [1.82, 2.24) is 14.3 Å². The van der Waals surface area contributed by atoms with E-state index in [1.165, 1.54) is 16.4 Å². The molecule has 0 amide bonds. The molecule has 0 atom stereocenters. The van der Waals surface area contributed by atoms with Crippen LogP contribution in [0, 0.1) is 20.8 Å². The molecule has 0 saturated carbocycles. The van der Waals surface area contributed by atoms with Gasteiger partial charge in [0.25, 0.3) is 0 Å². The summed E-state index contributed by atoms with van der Waals surface area (Å²) in [5.41, 5.74) is 3.02. The monoisotopic (exact) mass is 213 g/mol. The highest BCUT2D eigenvalue weighted by Crippen LogP contribution is 2.07. The van der Waals surface area contributed by atoms with Crippen LogP contribution in [-0.2, 0) is 0 Å². The lowest BCUT2D eigenvalue weighted by Crippen LogP contribution is -1.68. The normalized spacial score (nSPS) is 9.15. The Morgan fingerprint density at radius 1 is 1.15 bits per heavy atom. The molecule has 2 heterocycles. The maximum atomic E-state index is 4.03. The zero-order chi connectivity index (χ0) is 9.68. The van der Waals surface area contributed by atoms with E-state index in [1.54, 1.807) is 17.7 Å². The Morgan fingerprint density at radius 2 is 1.92 bits per heavy atom. The van der Waals surface area contributed by atoms with Crippen LogP contribution in [0.25, 0.3) is 0 Å². The summed E-state index contributed by atoms with van der Waals surface area (Å²) < 4.78 is 3.75. The quantitative estimate of drug-likeness (QED) is 0.675. The molecule has 2 aromatic heterocycles. The molecule has 13 heavy (non-hydrogen) atoms. The van der Waals surface area contributed by atoms with Gasteiger partial charge in [-0.3, -0.25) is 0 Å². The first-order valence-electron chi connectivity index (χ1n) is 3.80. The van der Waals surface area contributed by atoms with Gasteiger partial charge in [0.05, 0.1) is 11.2 Å². The molecule has 0 aliphatic rings. The molecular weight excluding hydrogens is 202 g/mol. The molecule has 0 fully saturated rings. The summed E-state index contributed by atoms with van der Waals surface area (Å²) in [5, 5.41) is 1.02. The van der Waals surface area contributed by atoms with Gasteiger partial charge in [-0.05, 0) is 32.3 Å². The maximum Gasteiger partial charge on any atom is 0.129 e. The van der Waals surface area contributed by atoms with Gasteiger partial charge in [0.2, 0.25) is 0 Å². The fraction of sp³-hybridized carbons (Fsp3) is 0.375. The lowest BCUT2D eigenvalue weighted by Gasteiger charge is -1.77. The third-order valence-electron chi connectivity index (χ3n) is 1.46. The minimum absolute atomic E-state index is 1.02. The first kappa shape index (κ1) is 10.3.